The molecule has 2 aromatic carbocycles. The van der Waals surface area contributed by atoms with Gasteiger partial charge in [0.05, 0.1) is 0 Å². The predicted molar refractivity (Wildman–Crippen MR) is 128 cm³/mol. The number of hydrogen-bond acceptors (Lipinski definition) is 0. The Morgan fingerprint density at radius 2 is 1.04 bits per heavy atom. The van der Waals surface area contributed by atoms with Gasteiger partial charge in [0.25, 0.3) is 0 Å². The Bertz CT molecular complexity index is 839. The van der Waals surface area contributed by atoms with Crippen LogP contribution in [-0.4, -0.2) is 10.6 Å². The van der Waals surface area contributed by atoms with E-state index in [0.717, 1.165) is 0 Å². The summed E-state index contributed by atoms with van der Waals surface area (Å²) in [4.78, 5) is 0. The summed E-state index contributed by atoms with van der Waals surface area (Å²) < 4.78 is 3.76. The van der Waals surface area contributed by atoms with E-state index in [9.17, 15) is 0 Å². The summed E-state index contributed by atoms with van der Waals surface area (Å²) in [5.41, 5.74) is 5.99. The third-order valence-electron chi connectivity index (χ3n) is 5.26. The molecule has 2 aliphatic carbocycles. The van der Waals surface area contributed by atoms with Gasteiger partial charge >= 0.3 is 168 Å². The molecule has 0 aliphatic heterocycles. The van der Waals surface area contributed by atoms with Gasteiger partial charge in [0.2, 0.25) is 0 Å². The van der Waals surface area contributed by atoms with E-state index in [2.05, 4.69) is 96.5 Å². The van der Waals surface area contributed by atoms with Gasteiger partial charge in [0.15, 0.2) is 0 Å². The van der Waals surface area contributed by atoms with Crippen molar-refractivity contribution in [2.75, 3.05) is 0 Å². The molecule has 0 radical (unpaired) electrons. The van der Waals surface area contributed by atoms with Crippen LogP contribution in [0, 0.1) is 0 Å². The van der Waals surface area contributed by atoms with Gasteiger partial charge in [-0.25, -0.2) is 0 Å². The Morgan fingerprint density at radius 3 is 1.39 bits per heavy atom. The maximum absolute atomic E-state index is 2.65. The van der Waals surface area contributed by atoms with E-state index in [1.54, 1.807) is 11.1 Å². The summed E-state index contributed by atoms with van der Waals surface area (Å²) >= 11 is -1.97. The molecule has 0 nitrogen and oxygen atoms in total. The zero-order valence-corrected chi connectivity index (χ0v) is 24.0. The molecule has 0 N–H and O–H groups in total. The molecule has 0 amide bonds. The standard InChI is InChI=1S/2C11H9.C2H7Ge.2ClH.Hf/c2*1-2-6-10(7-3-1)11-8-4-5-9-11;1-3-2;;;/h2*1-4,6-8H,5H2;3H,1-2H3;2*1H;. The first kappa shape index (κ1) is 23.7. The van der Waals surface area contributed by atoms with E-state index in [1.165, 1.54) is 24.0 Å². The molecular formula is C24H27Cl2GeHf. The monoisotopic (exact) mass is 639 g/mol. The average molecular weight is 637 g/mol. The Morgan fingerprint density at radius 1 is 0.643 bits per heavy atom. The minimum absolute atomic E-state index is 0. The van der Waals surface area contributed by atoms with E-state index >= 15 is 0 Å². The molecule has 0 fully saturated rings. The molecule has 0 saturated carbocycles. The molecule has 0 heterocycles. The summed E-state index contributed by atoms with van der Waals surface area (Å²) in [7, 11) is -1.22. The van der Waals surface area contributed by atoms with Crippen molar-refractivity contribution >= 4 is 46.6 Å². The zero-order valence-electron chi connectivity index (χ0n) is 16.4. The molecule has 4 heteroatoms. The van der Waals surface area contributed by atoms with Crippen LogP contribution in [0.4, 0.5) is 0 Å². The first-order chi connectivity index (χ1) is 12.8. The molecule has 0 bridgehead atoms. The third-order valence-corrected chi connectivity index (χ3v) is 49.3. The van der Waals surface area contributed by atoms with Crippen LogP contribution in [-0.2, 0) is 19.0 Å². The quantitative estimate of drug-likeness (QED) is 0.305. The average Bonchev–Trinajstić information content (AvgIpc) is 3.33. The Labute approximate surface area is 191 Å². The van der Waals surface area contributed by atoms with E-state index in [0.29, 0.717) is 0 Å². The van der Waals surface area contributed by atoms with Crippen LogP contribution >= 0.6 is 24.8 Å². The van der Waals surface area contributed by atoms with Crippen molar-refractivity contribution in [1.82, 2.24) is 0 Å². The van der Waals surface area contributed by atoms with Gasteiger partial charge in [-0.1, -0.05) is 0 Å². The fraction of sp³-hybridized carbons (Fsp3) is 0.167. The molecule has 0 aromatic heterocycles. The predicted octanol–water partition coefficient (Wildman–Crippen LogP) is 7.17. The van der Waals surface area contributed by atoms with Crippen molar-refractivity contribution in [2.24, 2.45) is 0 Å². The van der Waals surface area contributed by atoms with Gasteiger partial charge in [-0.05, 0) is 0 Å². The van der Waals surface area contributed by atoms with Crippen molar-refractivity contribution in [2.45, 2.75) is 24.4 Å². The van der Waals surface area contributed by atoms with Crippen LogP contribution in [0.1, 0.15) is 24.0 Å². The molecule has 28 heavy (non-hydrogen) atoms. The number of halogens is 2. The van der Waals surface area contributed by atoms with Crippen molar-refractivity contribution in [3.05, 3.63) is 103 Å². The zero-order chi connectivity index (χ0) is 17.9. The number of benzene rings is 2. The fourth-order valence-corrected chi connectivity index (χ4v) is 50.0. The summed E-state index contributed by atoms with van der Waals surface area (Å²) in [5, 5.41) is 0. The van der Waals surface area contributed by atoms with Crippen LogP contribution in [0.3, 0.4) is 0 Å². The second-order valence-corrected chi connectivity index (χ2v) is 50.9. The van der Waals surface area contributed by atoms with Gasteiger partial charge in [-0.15, -0.1) is 24.8 Å². The van der Waals surface area contributed by atoms with Crippen LogP contribution in [0.15, 0.2) is 91.6 Å². The molecule has 145 valence electrons. The summed E-state index contributed by atoms with van der Waals surface area (Å²) in [6.07, 6.45) is 12.1. The van der Waals surface area contributed by atoms with E-state index in [1.807, 2.05) is 6.66 Å². The van der Waals surface area contributed by atoms with E-state index in [4.69, 9.17) is 0 Å². The van der Waals surface area contributed by atoms with Crippen LogP contribution in [0.2, 0.25) is 11.5 Å². The molecule has 2 aliphatic rings. The normalized spacial score (nSPS) is 15.1. The number of allylic oxidation sites excluding steroid dienone is 8. The van der Waals surface area contributed by atoms with Crippen LogP contribution in [0.25, 0.3) is 11.1 Å². The van der Waals surface area contributed by atoms with E-state index < -0.39 is 29.6 Å². The second kappa shape index (κ2) is 11.0. The summed E-state index contributed by atoms with van der Waals surface area (Å²) in [6, 6.07) is 22.1. The Hall–Kier alpha value is -0.607. The van der Waals surface area contributed by atoms with Gasteiger partial charge < -0.3 is 0 Å². The number of hydrogen-bond donors (Lipinski definition) is 0. The molecule has 2 aromatic rings. The van der Waals surface area contributed by atoms with Crippen molar-refractivity contribution in [1.29, 1.82) is 0 Å². The third kappa shape index (κ3) is 4.92. The van der Waals surface area contributed by atoms with E-state index in [-0.39, 0.29) is 24.8 Å². The summed E-state index contributed by atoms with van der Waals surface area (Å²) in [5.74, 6) is 5.30. The fourth-order valence-electron chi connectivity index (χ4n) is 4.18. The first-order valence-electron chi connectivity index (χ1n) is 9.53. The number of rotatable bonds is 5. The van der Waals surface area contributed by atoms with Gasteiger partial charge in [-0.2, -0.15) is 0 Å². The molecular weight excluding hydrogens is 610 g/mol. The first-order valence-corrected chi connectivity index (χ1v) is 30.0. The van der Waals surface area contributed by atoms with Crippen LogP contribution < -0.4 is 0 Å². The molecule has 0 atom stereocenters. The Balaban J connectivity index is 0.00000140. The van der Waals surface area contributed by atoms with Crippen LogP contribution in [0.5, 0.6) is 0 Å². The van der Waals surface area contributed by atoms with Gasteiger partial charge in [-0.3, -0.25) is 0 Å². The van der Waals surface area contributed by atoms with Gasteiger partial charge in [0.1, 0.15) is 0 Å². The SMILES string of the molecule is Cl.Cl.[CH3][GeH]([CH3])[Hf]([C]1=C(c2ccccc2)C=CC1)[C]1=C(c2ccccc2)C=CC1. The summed E-state index contributed by atoms with van der Waals surface area (Å²) in [6.45, 7) is 0. The molecule has 4 rings (SSSR count). The topological polar surface area (TPSA) is 0 Å². The van der Waals surface area contributed by atoms with Crippen molar-refractivity contribution in [3.8, 4) is 0 Å². The van der Waals surface area contributed by atoms with Crippen molar-refractivity contribution < 1.29 is 19.0 Å². The maximum atomic E-state index is 2.65. The second-order valence-electron chi connectivity index (χ2n) is 7.30. The van der Waals surface area contributed by atoms with Gasteiger partial charge in [0, 0.05) is 0 Å². The molecule has 0 spiro atoms. The molecule has 0 unspecified atom stereocenters. The minimum atomic E-state index is -1.97. The van der Waals surface area contributed by atoms with Crippen molar-refractivity contribution in [3.63, 3.8) is 0 Å². The molecule has 0 saturated heterocycles. The Kier molecular flexibility index (Phi) is 9.27.